The van der Waals surface area contributed by atoms with Gasteiger partial charge in [0.05, 0.1) is 19.2 Å². The first-order chi connectivity index (χ1) is 17.3. The maximum absolute atomic E-state index is 14.8. The smallest absolute Gasteiger partial charge is 0.236 e. The van der Waals surface area contributed by atoms with Gasteiger partial charge in [-0.05, 0) is 51.4 Å². The molecule has 1 aliphatic heterocycles. The van der Waals surface area contributed by atoms with Crippen LogP contribution in [0.5, 0.6) is 5.75 Å². The Morgan fingerprint density at radius 2 is 1.92 bits per heavy atom. The van der Waals surface area contributed by atoms with Crippen LogP contribution in [0.25, 0.3) is 10.9 Å². The number of ether oxygens (including phenoxy) is 1. The van der Waals surface area contributed by atoms with Crippen LogP contribution < -0.4 is 15.4 Å². The molecule has 0 bridgehead atoms. The minimum atomic E-state index is -0.499. The fraction of sp³-hybridized carbons (Fsp3) is 0.444. The molecule has 192 valence electrons. The molecule has 2 heterocycles. The molecule has 7 nitrogen and oxygen atoms in total. The highest BCUT2D eigenvalue weighted by Gasteiger charge is 2.26. The summed E-state index contributed by atoms with van der Waals surface area (Å²) in [7, 11) is 5.02. The highest BCUT2D eigenvalue weighted by molar-refractivity contribution is 7.66. The zero-order valence-corrected chi connectivity index (χ0v) is 22.7. The van der Waals surface area contributed by atoms with Crippen molar-refractivity contribution in [3.63, 3.8) is 0 Å². The van der Waals surface area contributed by atoms with Gasteiger partial charge in [0.2, 0.25) is 5.91 Å². The number of amides is 1. The van der Waals surface area contributed by atoms with Gasteiger partial charge >= 0.3 is 0 Å². The first kappa shape index (κ1) is 26.2. The van der Waals surface area contributed by atoms with Crippen molar-refractivity contribution in [1.82, 2.24) is 19.8 Å². The monoisotopic (exact) mass is 511 g/mol. The highest BCUT2D eigenvalue weighted by Crippen LogP contribution is 2.42. The van der Waals surface area contributed by atoms with Gasteiger partial charge in [-0.25, -0.2) is 14.4 Å². The van der Waals surface area contributed by atoms with Gasteiger partial charge in [0.1, 0.15) is 23.2 Å². The van der Waals surface area contributed by atoms with E-state index >= 15 is 0 Å². The van der Waals surface area contributed by atoms with Crippen molar-refractivity contribution in [2.75, 3.05) is 58.5 Å². The molecule has 1 saturated heterocycles. The van der Waals surface area contributed by atoms with Crippen molar-refractivity contribution in [2.45, 2.75) is 26.8 Å². The summed E-state index contributed by atoms with van der Waals surface area (Å²) in [5.74, 6) is 2.17. The number of aryl methyl sites for hydroxylation is 2. The third-order valence-corrected chi connectivity index (χ3v) is 9.03. The van der Waals surface area contributed by atoms with Gasteiger partial charge in [-0.2, -0.15) is 0 Å². The van der Waals surface area contributed by atoms with Gasteiger partial charge in [-0.15, -0.1) is 0 Å². The van der Waals surface area contributed by atoms with E-state index in [1.807, 2.05) is 55.9 Å². The van der Waals surface area contributed by atoms with Gasteiger partial charge in [0, 0.05) is 42.0 Å². The fourth-order valence-corrected chi connectivity index (χ4v) is 7.05. The number of methoxy groups -OCH3 is 1. The molecule has 1 aliphatic rings. The van der Waals surface area contributed by atoms with Crippen LogP contribution >= 0.6 is 7.92 Å². The Balaban J connectivity index is 1.61. The summed E-state index contributed by atoms with van der Waals surface area (Å²) in [5, 5.41) is 5.42. The first-order valence-electron chi connectivity index (χ1n) is 12.3. The second-order valence-corrected chi connectivity index (χ2v) is 11.8. The molecule has 2 aromatic carbocycles. The molecule has 0 atom stereocenters. The lowest BCUT2D eigenvalue weighted by Gasteiger charge is -2.33. The summed E-state index contributed by atoms with van der Waals surface area (Å²) in [5.41, 5.74) is 2.12. The Labute approximate surface area is 213 Å². The standard InChI is InChI=1S/C27H35FN5O2P/c1-6-19-8-7-9-20(26(19)28)16-29-27-21-14-24(23(35-5)15-22(21)30-18(2)31-27)36-12-10-33(11-13-36)25(34)17-32(3)4/h7-9,14-15H,6,10-13,16-17H2,1-5H3,(H,29,30,31). The number of hydrogen-bond donors (Lipinski definition) is 1. The number of carbonyl (C=O) groups is 1. The van der Waals surface area contributed by atoms with Gasteiger partial charge in [0.25, 0.3) is 0 Å². The maximum atomic E-state index is 14.8. The molecule has 0 unspecified atom stereocenters. The zero-order chi connectivity index (χ0) is 25.8. The lowest BCUT2D eigenvalue weighted by molar-refractivity contribution is -0.131. The van der Waals surface area contributed by atoms with E-state index in [9.17, 15) is 9.18 Å². The molecular formula is C27H35FN5O2P. The molecule has 0 aliphatic carbocycles. The largest absolute Gasteiger partial charge is 0.496 e. The Bertz CT molecular complexity index is 1240. The van der Waals surface area contributed by atoms with Crippen molar-refractivity contribution < 1.29 is 13.9 Å². The molecule has 3 aromatic rings. The number of anilines is 1. The lowest BCUT2D eigenvalue weighted by Crippen LogP contribution is -2.43. The van der Waals surface area contributed by atoms with E-state index in [1.54, 1.807) is 13.2 Å². The number of hydrogen-bond acceptors (Lipinski definition) is 6. The average Bonchev–Trinajstić information content (AvgIpc) is 2.86. The Morgan fingerprint density at radius 1 is 1.19 bits per heavy atom. The van der Waals surface area contributed by atoms with Crippen molar-refractivity contribution in [2.24, 2.45) is 0 Å². The van der Waals surface area contributed by atoms with Crippen LogP contribution in [0.2, 0.25) is 0 Å². The summed E-state index contributed by atoms with van der Waals surface area (Å²) < 4.78 is 20.6. The average molecular weight is 512 g/mol. The summed E-state index contributed by atoms with van der Waals surface area (Å²) in [4.78, 5) is 25.7. The Morgan fingerprint density at radius 3 is 2.58 bits per heavy atom. The SMILES string of the molecule is CCc1cccc(CNc2nc(C)nc3cc(OC)c(P4CCN(C(=O)CN(C)C)CC4)cc23)c1F. The Hall–Kier alpha value is -2.83. The second-order valence-electron chi connectivity index (χ2n) is 9.36. The fourth-order valence-electron chi connectivity index (χ4n) is 4.60. The highest BCUT2D eigenvalue weighted by atomic mass is 31.1. The van der Waals surface area contributed by atoms with Crippen molar-refractivity contribution >= 4 is 35.9 Å². The summed E-state index contributed by atoms with van der Waals surface area (Å²) in [6.45, 7) is 6.09. The van der Waals surface area contributed by atoms with Gasteiger partial charge in [0.15, 0.2) is 0 Å². The number of aromatic nitrogens is 2. The van der Waals surface area contributed by atoms with Crippen LogP contribution in [0.3, 0.4) is 0 Å². The van der Waals surface area contributed by atoms with Crippen LogP contribution in [0.1, 0.15) is 23.9 Å². The van der Waals surface area contributed by atoms with E-state index in [4.69, 9.17) is 4.74 Å². The zero-order valence-electron chi connectivity index (χ0n) is 21.8. The van der Waals surface area contributed by atoms with Crippen LogP contribution in [0, 0.1) is 12.7 Å². The molecule has 0 radical (unpaired) electrons. The lowest BCUT2D eigenvalue weighted by atomic mass is 10.1. The van der Waals surface area contributed by atoms with Crippen LogP contribution in [0.15, 0.2) is 30.3 Å². The number of carbonyl (C=O) groups excluding carboxylic acids is 1. The third kappa shape index (κ3) is 5.76. The van der Waals surface area contributed by atoms with Crippen LogP contribution in [-0.4, -0.2) is 78.8 Å². The van der Waals surface area contributed by atoms with E-state index < -0.39 is 7.92 Å². The minimum Gasteiger partial charge on any atom is -0.496 e. The van der Waals surface area contributed by atoms with E-state index in [1.165, 1.54) is 0 Å². The van der Waals surface area contributed by atoms with E-state index in [-0.39, 0.29) is 11.7 Å². The number of nitrogens with one attached hydrogen (secondary N) is 1. The third-order valence-electron chi connectivity index (χ3n) is 6.52. The summed E-state index contributed by atoms with van der Waals surface area (Å²) in [6.07, 6.45) is 2.52. The maximum Gasteiger partial charge on any atom is 0.236 e. The normalized spacial score (nSPS) is 14.5. The van der Waals surface area contributed by atoms with Crippen LogP contribution in [0.4, 0.5) is 10.2 Å². The number of rotatable bonds is 8. The molecule has 1 amide bonds. The molecule has 0 saturated carbocycles. The summed E-state index contributed by atoms with van der Waals surface area (Å²) >= 11 is 0. The van der Waals surface area contributed by atoms with E-state index in [2.05, 4.69) is 21.4 Å². The molecule has 1 N–H and O–H groups in total. The van der Waals surface area contributed by atoms with Crippen molar-refractivity contribution in [1.29, 1.82) is 0 Å². The van der Waals surface area contributed by atoms with E-state index in [0.717, 1.165) is 47.4 Å². The second kappa shape index (κ2) is 11.5. The first-order valence-corrected chi connectivity index (χ1v) is 14.1. The number of fused-ring (bicyclic) bond motifs is 1. The number of nitrogens with zero attached hydrogens (tertiary/aromatic N) is 4. The van der Waals surface area contributed by atoms with Gasteiger partial charge in [-0.1, -0.05) is 33.0 Å². The van der Waals surface area contributed by atoms with E-state index in [0.29, 0.717) is 42.3 Å². The molecule has 4 rings (SSSR count). The Kier molecular flexibility index (Phi) is 8.37. The van der Waals surface area contributed by atoms with Crippen LogP contribution in [-0.2, 0) is 17.8 Å². The molecule has 0 spiro atoms. The molecule has 1 aromatic heterocycles. The van der Waals surface area contributed by atoms with Gasteiger partial charge in [-0.3, -0.25) is 4.79 Å². The number of benzene rings is 2. The molecule has 1 fully saturated rings. The topological polar surface area (TPSA) is 70.6 Å². The summed E-state index contributed by atoms with van der Waals surface area (Å²) in [6, 6.07) is 9.64. The van der Waals surface area contributed by atoms with Gasteiger partial charge < -0.3 is 19.9 Å². The quantitative estimate of drug-likeness (QED) is 0.465. The minimum absolute atomic E-state index is 0.163. The molecule has 9 heteroatoms. The number of likely N-dealkylation sites (N-methyl/N-ethyl adjacent to an activating group) is 1. The molecular weight excluding hydrogens is 476 g/mol. The predicted molar refractivity (Wildman–Crippen MR) is 145 cm³/mol. The van der Waals surface area contributed by atoms with Crippen molar-refractivity contribution in [3.8, 4) is 5.75 Å². The molecule has 36 heavy (non-hydrogen) atoms. The predicted octanol–water partition coefficient (Wildman–Crippen LogP) is 3.77. The number of halogens is 1. The van der Waals surface area contributed by atoms with Crippen molar-refractivity contribution in [3.05, 3.63) is 53.1 Å².